The van der Waals surface area contributed by atoms with Gasteiger partial charge in [0.1, 0.15) is 0 Å². The lowest BCUT2D eigenvalue weighted by Crippen LogP contribution is -2.55. The van der Waals surface area contributed by atoms with Gasteiger partial charge in [-0.1, -0.05) is 53.9 Å². The van der Waals surface area contributed by atoms with Gasteiger partial charge in [-0.15, -0.1) is 0 Å². The van der Waals surface area contributed by atoms with E-state index >= 15 is 0 Å². The molecule has 0 aromatic carbocycles. The molecule has 3 fully saturated rings. The molecule has 4 aliphatic rings. The Kier molecular flexibility index (Phi) is 5.92. The van der Waals surface area contributed by atoms with Crippen LogP contribution in [0.3, 0.4) is 0 Å². The topological polar surface area (TPSA) is 57.5 Å². The van der Waals surface area contributed by atoms with Crippen molar-refractivity contribution in [3.8, 4) is 0 Å². The average molecular weight is 417 g/mol. The van der Waals surface area contributed by atoms with Crippen LogP contribution in [0.25, 0.3) is 0 Å². The zero-order chi connectivity index (χ0) is 21.8. The highest BCUT2D eigenvalue weighted by Crippen LogP contribution is 2.67. The minimum absolute atomic E-state index is 0.00520. The van der Waals surface area contributed by atoms with Crippen LogP contribution in [0, 0.1) is 46.3 Å². The number of fused-ring (bicyclic) bond motifs is 5. The van der Waals surface area contributed by atoms with Crippen LogP contribution in [-0.2, 0) is 4.79 Å². The van der Waals surface area contributed by atoms with Crippen molar-refractivity contribution < 1.29 is 15.0 Å². The normalized spacial score (nSPS) is 44.6. The molecule has 4 rings (SSSR count). The minimum atomic E-state index is -0.406. The van der Waals surface area contributed by atoms with Gasteiger partial charge >= 0.3 is 0 Å². The van der Waals surface area contributed by atoms with Crippen molar-refractivity contribution in [3.63, 3.8) is 0 Å². The fourth-order valence-corrected chi connectivity index (χ4v) is 8.52. The maximum Gasteiger partial charge on any atom is 0.200 e. The van der Waals surface area contributed by atoms with Crippen molar-refractivity contribution in [3.05, 3.63) is 11.3 Å². The van der Waals surface area contributed by atoms with Crippen LogP contribution in [0.5, 0.6) is 0 Å². The summed E-state index contributed by atoms with van der Waals surface area (Å²) in [6.45, 7) is 11.8. The van der Waals surface area contributed by atoms with Gasteiger partial charge in [0.2, 0.25) is 5.78 Å². The number of allylic oxidation sites excluding steroid dienone is 1. The number of aliphatic hydroxyl groups is 2. The first-order chi connectivity index (χ1) is 14.1. The van der Waals surface area contributed by atoms with Gasteiger partial charge in [-0.25, -0.2) is 0 Å². The molecule has 0 amide bonds. The highest BCUT2D eigenvalue weighted by atomic mass is 16.3. The Morgan fingerprint density at radius 1 is 1.00 bits per heavy atom. The van der Waals surface area contributed by atoms with Crippen molar-refractivity contribution in [2.75, 3.05) is 0 Å². The lowest BCUT2D eigenvalue weighted by molar-refractivity contribution is -0.140. The molecular weight excluding hydrogens is 372 g/mol. The maximum absolute atomic E-state index is 13.5. The summed E-state index contributed by atoms with van der Waals surface area (Å²) in [4.78, 5) is 13.5. The van der Waals surface area contributed by atoms with Gasteiger partial charge in [0, 0.05) is 5.92 Å². The Bertz CT molecular complexity index is 709. The Hall–Kier alpha value is -0.830. The highest BCUT2D eigenvalue weighted by Gasteiger charge is 2.62. The standard InChI is InChI=1S/C27H44O3/c1-16(2)7-6-8-17(3)19-9-10-20-23-21(12-14-26(19,20)4)27(5)13-11-18(28)15-22(27)24(29)25(23)30/h16-21,23,28-29H,6-15H2,1-5H3/t17-,18+,19-,20+,21+,23+,26-,27-/m1/s1. The molecule has 170 valence electrons. The van der Waals surface area contributed by atoms with E-state index in [1.54, 1.807) is 0 Å². The van der Waals surface area contributed by atoms with Crippen molar-refractivity contribution in [1.82, 2.24) is 0 Å². The van der Waals surface area contributed by atoms with E-state index in [0.29, 0.717) is 30.1 Å². The Morgan fingerprint density at radius 3 is 2.43 bits per heavy atom. The van der Waals surface area contributed by atoms with Crippen molar-refractivity contribution in [1.29, 1.82) is 0 Å². The first kappa shape index (κ1) is 22.4. The molecule has 0 heterocycles. The fraction of sp³-hybridized carbons (Fsp3) is 0.889. The number of ketones is 1. The van der Waals surface area contributed by atoms with E-state index in [1.807, 2.05) is 0 Å². The highest BCUT2D eigenvalue weighted by molar-refractivity contribution is 5.97. The Morgan fingerprint density at radius 2 is 1.73 bits per heavy atom. The van der Waals surface area contributed by atoms with Gasteiger partial charge < -0.3 is 10.2 Å². The molecule has 30 heavy (non-hydrogen) atoms. The quantitative estimate of drug-likeness (QED) is 0.541. The van der Waals surface area contributed by atoms with Crippen LogP contribution in [-0.4, -0.2) is 22.1 Å². The predicted octanol–water partition coefficient (Wildman–Crippen LogP) is 6.45. The second-order valence-corrected chi connectivity index (χ2v) is 12.3. The van der Waals surface area contributed by atoms with Gasteiger partial charge in [-0.05, 0) is 90.9 Å². The summed E-state index contributed by atoms with van der Waals surface area (Å²) in [5, 5.41) is 21.2. The average Bonchev–Trinajstić information content (AvgIpc) is 3.04. The van der Waals surface area contributed by atoms with Gasteiger partial charge in [-0.3, -0.25) is 4.79 Å². The molecule has 4 aliphatic carbocycles. The van der Waals surface area contributed by atoms with E-state index in [-0.39, 0.29) is 28.3 Å². The third-order valence-corrected chi connectivity index (χ3v) is 10.2. The van der Waals surface area contributed by atoms with Crippen molar-refractivity contribution in [2.24, 2.45) is 46.3 Å². The van der Waals surface area contributed by atoms with E-state index in [2.05, 4.69) is 34.6 Å². The van der Waals surface area contributed by atoms with Gasteiger partial charge in [0.05, 0.1) is 6.10 Å². The number of hydrogen-bond donors (Lipinski definition) is 2. The lowest BCUT2D eigenvalue weighted by atomic mass is 9.46. The summed E-state index contributed by atoms with van der Waals surface area (Å²) in [5.74, 6) is 2.97. The molecule has 0 saturated heterocycles. The second kappa shape index (κ2) is 7.94. The van der Waals surface area contributed by atoms with Crippen LogP contribution >= 0.6 is 0 Å². The van der Waals surface area contributed by atoms with Crippen molar-refractivity contribution >= 4 is 5.78 Å². The minimum Gasteiger partial charge on any atom is -0.504 e. The van der Waals surface area contributed by atoms with E-state index in [1.165, 1.54) is 32.1 Å². The largest absolute Gasteiger partial charge is 0.504 e. The molecule has 0 aromatic heterocycles. The van der Waals surface area contributed by atoms with Crippen LogP contribution in [0.15, 0.2) is 11.3 Å². The number of hydrogen-bond acceptors (Lipinski definition) is 3. The molecular formula is C27H44O3. The zero-order valence-electron chi connectivity index (χ0n) is 19.9. The van der Waals surface area contributed by atoms with E-state index in [0.717, 1.165) is 37.2 Å². The van der Waals surface area contributed by atoms with Gasteiger partial charge in [-0.2, -0.15) is 0 Å². The van der Waals surface area contributed by atoms with Crippen molar-refractivity contribution in [2.45, 2.75) is 105 Å². The molecule has 0 unspecified atom stereocenters. The molecule has 0 aliphatic heterocycles. The van der Waals surface area contributed by atoms with E-state index < -0.39 is 6.10 Å². The smallest absolute Gasteiger partial charge is 0.200 e. The third-order valence-electron chi connectivity index (χ3n) is 10.2. The van der Waals surface area contributed by atoms with Crippen LogP contribution in [0.1, 0.15) is 98.8 Å². The molecule has 3 nitrogen and oxygen atoms in total. The lowest BCUT2D eigenvalue weighted by Gasteiger charge is -2.57. The Balaban J connectivity index is 1.58. The monoisotopic (exact) mass is 416 g/mol. The molecule has 0 radical (unpaired) electrons. The molecule has 3 heteroatoms. The van der Waals surface area contributed by atoms with Gasteiger partial charge in [0.25, 0.3) is 0 Å². The third kappa shape index (κ3) is 3.38. The van der Waals surface area contributed by atoms with Crippen LogP contribution in [0.2, 0.25) is 0 Å². The van der Waals surface area contributed by atoms with Crippen LogP contribution < -0.4 is 0 Å². The fourth-order valence-electron chi connectivity index (χ4n) is 8.52. The summed E-state index contributed by atoms with van der Waals surface area (Å²) in [6, 6.07) is 0. The predicted molar refractivity (Wildman–Crippen MR) is 121 cm³/mol. The maximum atomic E-state index is 13.5. The van der Waals surface area contributed by atoms with Gasteiger partial charge in [0.15, 0.2) is 5.76 Å². The summed E-state index contributed by atoms with van der Waals surface area (Å²) < 4.78 is 0. The zero-order valence-corrected chi connectivity index (χ0v) is 19.9. The second-order valence-electron chi connectivity index (χ2n) is 12.3. The van der Waals surface area contributed by atoms with E-state index in [9.17, 15) is 15.0 Å². The first-order valence-electron chi connectivity index (χ1n) is 12.7. The number of carbonyl (C=O) groups is 1. The summed E-state index contributed by atoms with van der Waals surface area (Å²) in [7, 11) is 0. The molecule has 8 atom stereocenters. The molecule has 3 saturated carbocycles. The molecule has 0 spiro atoms. The number of aliphatic hydroxyl groups excluding tert-OH is 2. The molecule has 0 bridgehead atoms. The summed E-state index contributed by atoms with van der Waals surface area (Å²) >= 11 is 0. The SMILES string of the molecule is CC(C)CCC[C@@H](C)[C@H]1CC[C@H]2[C@@H]3C(=O)C(O)=C4C[C@@H](O)CC[C@]4(C)[C@H]3CC[C@]12C. The Labute approximate surface area is 183 Å². The number of rotatable bonds is 5. The summed E-state index contributed by atoms with van der Waals surface area (Å²) in [6.07, 6.45) is 10.4. The molecule has 2 N–H and O–H groups in total. The summed E-state index contributed by atoms with van der Waals surface area (Å²) in [5.41, 5.74) is 0.994. The number of Topliss-reactive ketones (excluding diaryl/α,β-unsaturated/α-hetero) is 1. The number of carbonyl (C=O) groups excluding carboxylic acids is 1. The first-order valence-corrected chi connectivity index (χ1v) is 12.7. The molecule has 0 aromatic rings. The van der Waals surface area contributed by atoms with Crippen LogP contribution in [0.4, 0.5) is 0 Å². The van der Waals surface area contributed by atoms with E-state index in [4.69, 9.17) is 0 Å².